The van der Waals surface area contributed by atoms with Gasteiger partial charge in [0.2, 0.25) is 0 Å². The first-order chi connectivity index (χ1) is 11.1. The van der Waals surface area contributed by atoms with Gasteiger partial charge in [-0.05, 0) is 39.5 Å². The first-order valence-corrected chi connectivity index (χ1v) is 9.30. The zero-order valence-electron chi connectivity index (χ0n) is 12.0. The molecule has 7 heteroatoms. The van der Waals surface area contributed by atoms with Gasteiger partial charge in [-0.25, -0.2) is 4.98 Å². The minimum atomic E-state index is -0.194. The molecule has 2 heterocycles. The number of rotatable bonds is 6. The normalized spacial score (nSPS) is 12.5. The van der Waals surface area contributed by atoms with Crippen molar-refractivity contribution in [3.63, 3.8) is 0 Å². The molecule has 1 aromatic carbocycles. The Morgan fingerprint density at radius 2 is 2.17 bits per heavy atom. The van der Waals surface area contributed by atoms with Crippen LogP contribution in [0.4, 0.5) is 0 Å². The molecule has 23 heavy (non-hydrogen) atoms. The van der Waals surface area contributed by atoms with Crippen LogP contribution in [0, 0.1) is 0 Å². The topological polar surface area (TPSA) is 27.1 Å². The Balaban J connectivity index is 1.82. The molecule has 1 atom stereocenters. The molecule has 3 aromatic rings. The fourth-order valence-electron chi connectivity index (χ4n) is 2.20. The summed E-state index contributed by atoms with van der Waals surface area (Å²) in [7, 11) is 0. The van der Waals surface area contributed by atoms with E-state index < -0.39 is 0 Å². The Hall–Kier alpha value is -0.850. The van der Waals surface area contributed by atoms with Crippen LogP contribution in [0.3, 0.4) is 0 Å². The maximum atomic E-state index is 6.36. The molecule has 0 bridgehead atoms. The van der Waals surface area contributed by atoms with Crippen LogP contribution in [0.5, 0.6) is 0 Å². The summed E-state index contributed by atoms with van der Waals surface area (Å²) in [4.78, 5) is 4.08. The molecule has 0 unspecified atom stereocenters. The predicted octanol–water partition coefficient (Wildman–Crippen LogP) is 5.97. The summed E-state index contributed by atoms with van der Waals surface area (Å²) < 4.78 is 9.20. The van der Waals surface area contributed by atoms with Gasteiger partial charge < -0.3 is 9.30 Å². The lowest BCUT2D eigenvalue weighted by Crippen LogP contribution is -2.12. The maximum Gasteiger partial charge on any atom is 0.102 e. The molecule has 0 amide bonds. The average Bonchev–Trinajstić information content (AvgIpc) is 3.16. The molecule has 0 N–H and O–H groups in total. The first-order valence-electron chi connectivity index (χ1n) is 6.87. The van der Waals surface area contributed by atoms with Crippen LogP contribution in [0.25, 0.3) is 0 Å². The van der Waals surface area contributed by atoms with Crippen LogP contribution in [0.1, 0.15) is 17.2 Å². The molecular weight excluding hydrogens is 419 g/mol. The van der Waals surface area contributed by atoms with E-state index in [-0.39, 0.29) is 6.10 Å². The molecule has 0 spiro atoms. The Labute approximate surface area is 157 Å². The first kappa shape index (κ1) is 17.0. The summed E-state index contributed by atoms with van der Waals surface area (Å²) in [5, 5.41) is 3.25. The lowest BCUT2D eigenvalue weighted by Gasteiger charge is -2.20. The Kier molecular flexibility index (Phi) is 5.77. The van der Waals surface area contributed by atoms with Crippen molar-refractivity contribution >= 4 is 50.5 Å². The Morgan fingerprint density at radius 1 is 1.30 bits per heavy atom. The van der Waals surface area contributed by atoms with E-state index in [1.165, 1.54) is 0 Å². The van der Waals surface area contributed by atoms with Gasteiger partial charge in [0.05, 0.1) is 23.3 Å². The minimum absolute atomic E-state index is 0.194. The Morgan fingerprint density at radius 3 is 2.83 bits per heavy atom. The van der Waals surface area contributed by atoms with E-state index in [1.54, 1.807) is 29.9 Å². The van der Waals surface area contributed by atoms with E-state index in [0.717, 1.165) is 14.9 Å². The summed E-state index contributed by atoms with van der Waals surface area (Å²) in [5.41, 5.74) is 2.03. The molecular formula is C16H13BrCl2N2OS. The van der Waals surface area contributed by atoms with Crippen molar-refractivity contribution < 1.29 is 4.74 Å². The van der Waals surface area contributed by atoms with Gasteiger partial charge in [0.1, 0.15) is 6.10 Å². The van der Waals surface area contributed by atoms with Gasteiger partial charge in [-0.3, -0.25) is 0 Å². The molecule has 0 fully saturated rings. The summed E-state index contributed by atoms with van der Waals surface area (Å²) in [6.45, 7) is 1.13. The van der Waals surface area contributed by atoms with Crippen molar-refractivity contribution in [1.82, 2.24) is 9.55 Å². The van der Waals surface area contributed by atoms with Gasteiger partial charge in [-0.2, -0.15) is 0 Å². The third-order valence-corrected chi connectivity index (χ3v) is 5.75. The Bertz CT molecular complexity index is 776. The highest BCUT2D eigenvalue weighted by atomic mass is 79.9. The SMILES string of the molecule is Clc1ccc([C@H](Cn2ccnc2)OCc2ccsc2Br)c(Cl)c1. The molecule has 3 nitrogen and oxygen atoms in total. The van der Waals surface area contributed by atoms with Crippen LogP contribution >= 0.6 is 50.5 Å². The van der Waals surface area contributed by atoms with Gasteiger partial charge in [-0.15, -0.1) is 11.3 Å². The highest BCUT2D eigenvalue weighted by molar-refractivity contribution is 9.11. The van der Waals surface area contributed by atoms with E-state index in [1.807, 2.05) is 34.3 Å². The van der Waals surface area contributed by atoms with Crippen LogP contribution in [-0.4, -0.2) is 9.55 Å². The molecule has 0 aliphatic rings. The monoisotopic (exact) mass is 430 g/mol. The standard InChI is InChI=1S/C16H13BrCl2N2OS/c17-16-11(3-6-23-16)9-22-15(8-21-5-4-20-10-21)13-2-1-12(18)7-14(13)19/h1-7,10,15H,8-9H2/t15-/m0/s1. The number of hydrogen-bond acceptors (Lipinski definition) is 3. The fraction of sp³-hybridized carbons (Fsp3) is 0.188. The van der Waals surface area contributed by atoms with Gasteiger partial charge in [0, 0.05) is 33.6 Å². The summed E-state index contributed by atoms with van der Waals surface area (Å²) in [6.07, 6.45) is 5.22. The number of hydrogen-bond donors (Lipinski definition) is 0. The number of halogens is 3. The van der Waals surface area contributed by atoms with E-state index in [0.29, 0.717) is 23.2 Å². The highest BCUT2D eigenvalue weighted by Crippen LogP contribution is 2.32. The number of imidazole rings is 1. The van der Waals surface area contributed by atoms with Gasteiger partial charge >= 0.3 is 0 Å². The maximum absolute atomic E-state index is 6.36. The lowest BCUT2D eigenvalue weighted by molar-refractivity contribution is 0.0279. The van der Waals surface area contributed by atoms with Crippen LogP contribution in [0.15, 0.2) is 52.2 Å². The van der Waals surface area contributed by atoms with E-state index in [4.69, 9.17) is 27.9 Å². The number of nitrogens with zero attached hydrogens (tertiary/aromatic N) is 2. The molecule has 2 aromatic heterocycles. The minimum Gasteiger partial charge on any atom is -0.367 e. The largest absolute Gasteiger partial charge is 0.367 e. The third kappa shape index (κ3) is 4.37. The quantitative estimate of drug-likeness (QED) is 0.480. The number of ether oxygens (including phenoxy) is 1. The molecule has 0 aliphatic carbocycles. The fourth-order valence-corrected chi connectivity index (χ4v) is 3.93. The second-order valence-corrected chi connectivity index (χ2v) is 8.02. The van der Waals surface area contributed by atoms with E-state index in [2.05, 4.69) is 20.9 Å². The van der Waals surface area contributed by atoms with Gasteiger partial charge in [-0.1, -0.05) is 29.3 Å². The molecule has 120 valence electrons. The zero-order chi connectivity index (χ0) is 16.2. The second kappa shape index (κ2) is 7.81. The summed E-state index contributed by atoms with van der Waals surface area (Å²) in [6, 6.07) is 7.53. The summed E-state index contributed by atoms with van der Waals surface area (Å²) >= 11 is 17.5. The summed E-state index contributed by atoms with van der Waals surface area (Å²) in [5.74, 6) is 0. The number of thiophene rings is 1. The number of aromatic nitrogens is 2. The van der Waals surface area contributed by atoms with Crippen LogP contribution < -0.4 is 0 Å². The number of benzene rings is 1. The zero-order valence-corrected chi connectivity index (χ0v) is 15.9. The van der Waals surface area contributed by atoms with Crippen molar-refractivity contribution in [2.75, 3.05) is 0 Å². The molecule has 3 rings (SSSR count). The van der Waals surface area contributed by atoms with Crippen molar-refractivity contribution in [2.24, 2.45) is 0 Å². The van der Waals surface area contributed by atoms with Crippen LogP contribution in [0.2, 0.25) is 10.0 Å². The predicted molar refractivity (Wildman–Crippen MR) is 98.2 cm³/mol. The van der Waals surface area contributed by atoms with Crippen molar-refractivity contribution in [3.05, 3.63) is 73.3 Å². The lowest BCUT2D eigenvalue weighted by atomic mass is 10.1. The molecule has 0 aliphatic heterocycles. The smallest absolute Gasteiger partial charge is 0.102 e. The average molecular weight is 432 g/mol. The van der Waals surface area contributed by atoms with Crippen molar-refractivity contribution in [2.45, 2.75) is 19.3 Å². The van der Waals surface area contributed by atoms with Gasteiger partial charge in [0.15, 0.2) is 0 Å². The van der Waals surface area contributed by atoms with Crippen LogP contribution in [-0.2, 0) is 17.9 Å². The molecule has 0 radical (unpaired) electrons. The second-order valence-electron chi connectivity index (χ2n) is 4.94. The van der Waals surface area contributed by atoms with Crippen molar-refractivity contribution in [1.29, 1.82) is 0 Å². The molecule has 0 saturated carbocycles. The molecule has 0 saturated heterocycles. The van der Waals surface area contributed by atoms with E-state index >= 15 is 0 Å². The third-order valence-electron chi connectivity index (χ3n) is 3.38. The van der Waals surface area contributed by atoms with E-state index in [9.17, 15) is 0 Å². The van der Waals surface area contributed by atoms with Gasteiger partial charge in [0.25, 0.3) is 0 Å². The highest BCUT2D eigenvalue weighted by Gasteiger charge is 2.17. The van der Waals surface area contributed by atoms with Crippen molar-refractivity contribution in [3.8, 4) is 0 Å².